The third-order valence-corrected chi connectivity index (χ3v) is 5.41. The average Bonchev–Trinajstić information content (AvgIpc) is 3.53. The molecule has 136 valence electrons. The fourth-order valence-corrected chi connectivity index (χ4v) is 3.81. The Morgan fingerprint density at radius 1 is 1.08 bits per heavy atom. The molecule has 2 heterocycles. The van der Waals surface area contributed by atoms with E-state index in [1.54, 1.807) is 6.20 Å². The summed E-state index contributed by atoms with van der Waals surface area (Å²) in [7, 11) is 0. The van der Waals surface area contributed by atoms with Crippen LogP contribution < -0.4 is 0 Å². The van der Waals surface area contributed by atoms with Gasteiger partial charge in [0.1, 0.15) is 0 Å². The predicted molar refractivity (Wildman–Crippen MR) is 100 cm³/mol. The van der Waals surface area contributed by atoms with Crippen molar-refractivity contribution in [3.05, 3.63) is 66.0 Å². The molecule has 2 aromatic rings. The quantitative estimate of drug-likeness (QED) is 0.801. The lowest BCUT2D eigenvalue weighted by Gasteiger charge is -2.38. The number of rotatable bonds is 6. The minimum atomic E-state index is 0.167. The number of amides is 1. The first-order valence-electron chi connectivity index (χ1n) is 9.64. The van der Waals surface area contributed by atoms with E-state index < -0.39 is 0 Å². The van der Waals surface area contributed by atoms with Crippen LogP contribution in [0.3, 0.4) is 0 Å². The van der Waals surface area contributed by atoms with Crippen molar-refractivity contribution >= 4 is 5.91 Å². The second kappa shape index (κ2) is 8.00. The molecule has 2 fully saturated rings. The van der Waals surface area contributed by atoms with E-state index in [1.807, 2.05) is 24.3 Å². The summed E-state index contributed by atoms with van der Waals surface area (Å²) in [6, 6.07) is 16.4. The van der Waals surface area contributed by atoms with Crippen molar-refractivity contribution in [2.75, 3.05) is 13.1 Å². The Labute approximate surface area is 155 Å². The number of likely N-dealkylation sites (tertiary alicyclic amines) is 1. The van der Waals surface area contributed by atoms with Gasteiger partial charge in [-0.25, -0.2) is 0 Å². The van der Waals surface area contributed by atoms with Gasteiger partial charge in [0.2, 0.25) is 5.91 Å². The minimum Gasteiger partial charge on any atom is -0.371 e. The Balaban J connectivity index is 1.43. The number of nitrogens with zero attached hydrogens (tertiary/aromatic N) is 2. The third-order valence-electron chi connectivity index (χ3n) is 5.41. The number of carbonyl (C=O) groups excluding carboxylic acids is 1. The number of pyridine rings is 1. The Bertz CT molecular complexity index is 715. The summed E-state index contributed by atoms with van der Waals surface area (Å²) >= 11 is 0. The molecular formula is C22H26N2O2. The van der Waals surface area contributed by atoms with Crippen LogP contribution in [0.1, 0.15) is 30.5 Å². The van der Waals surface area contributed by atoms with Crippen molar-refractivity contribution in [3.8, 4) is 0 Å². The molecule has 1 aromatic carbocycles. The van der Waals surface area contributed by atoms with E-state index in [0.29, 0.717) is 24.3 Å². The first-order valence-corrected chi connectivity index (χ1v) is 9.64. The van der Waals surface area contributed by atoms with Gasteiger partial charge in [-0.3, -0.25) is 9.78 Å². The zero-order chi connectivity index (χ0) is 17.8. The van der Waals surface area contributed by atoms with Gasteiger partial charge in [0.25, 0.3) is 0 Å². The second-order valence-electron chi connectivity index (χ2n) is 7.47. The molecular weight excluding hydrogens is 324 g/mol. The summed E-state index contributed by atoms with van der Waals surface area (Å²) in [5.41, 5.74) is 2.27. The van der Waals surface area contributed by atoms with E-state index in [2.05, 4.69) is 34.1 Å². The maximum Gasteiger partial charge on any atom is 0.225 e. The number of hydrogen-bond donors (Lipinski definition) is 0. The minimum absolute atomic E-state index is 0.167. The van der Waals surface area contributed by atoms with Crippen molar-refractivity contribution in [1.82, 2.24) is 9.88 Å². The number of hydrogen-bond acceptors (Lipinski definition) is 3. The van der Waals surface area contributed by atoms with Gasteiger partial charge < -0.3 is 9.64 Å². The highest BCUT2D eigenvalue weighted by molar-refractivity contribution is 5.81. The van der Waals surface area contributed by atoms with Crippen LogP contribution in [-0.4, -0.2) is 35.0 Å². The van der Waals surface area contributed by atoms with E-state index >= 15 is 0 Å². The van der Waals surface area contributed by atoms with E-state index in [4.69, 9.17) is 4.74 Å². The number of carbonyl (C=O) groups is 1. The van der Waals surface area contributed by atoms with Crippen LogP contribution in [0.2, 0.25) is 0 Å². The van der Waals surface area contributed by atoms with Gasteiger partial charge in [-0.2, -0.15) is 0 Å². The highest BCUT2D eigenvalue weighted by Crippen LogP contribution is 2.33. The fraction of sp³-hybridized carbons (Fsp3) is 0.455. The number of benzene rings is 1. The zero-order valence-electron chi connectivity index (χ0n) is 15.1. The van der Waals surface area contributed by atoms with Gasteiger partial charge in [-0.05, 0) is 43.4 Å². The van der Waals surface area contributed by atoms with Crippen molar-refractivity contribution < 1.29 is 9.53 Å². The van der Waals surface area contributed by atoms with Crippen molar-refractivity contribution in [2.24, 2.45) is 11.8 Å². The van der Waals surface area contributed by atoms with E-state index in [-0.39, 0.29) is 6.10 Å². The van der Waals surface area contributed by atoms with Gasteiger partial charge in [0.05, 0.1) is 18.4 Å². The summed E-state index contributed by atoms with van der Waals surface area (Å²) in [5, 5.41) is 0. The van der Waals surface area contributed by atoms with Crippen LogP contribution in [0.15, 0.2) is 54.7 Å². The summed E-state index contributed by atoms with van der Waals surface area (Å²) in [4.78, 5) is 19.0. The maximum atomic E-state index is 12.5. The van der Waals surface area contributed by atoms with Crippen molar-refractivity contribution in [3.63, 3.8) is 0 Å². The highest BCUT2D eigenvalue weighted by atomic mass is 16.5. The van der Waals surface area contributed by atoms with Crippen LogP contribution in [0.5, 0.6) is 0 Å². The Morgan fingerprint density at radius 2 is 1.88 bits per heavy atom. The lowest BCUT2D eigenvalue weighted by molar-refractivity contribution is -0.138. The molecule has 1 aliphatic carbocycles. The highest BCUT2D eigenvalue weighted by Gasteiger charge is 2.38. The normalized spacial score (nSPS) is 23.0. The molecule has 1 saturated heterocycles. The van der Waals surface area contributed by atoms with Crippen LogP contribution >= 0.6 is 0 Å². The molecule has 1 saturated carbocycles. The van der Waals surface area contributed by atoms with E-state index in [0.717, 1.165) is 44.5 Å². The molecule has 0 bridgehead atoms. The Kier molecular flexibility index (Phi) is 5.30. The monoisotopic (exact) mass is 350 g/mol. The van der Waals surface area contributed by atoms with Crippen molar-refractivity contribution in [1.29, 1.82) is 0 Å². The molecule has 0 unspecified atom stereocenters. The molecule has 0 N–H and O–H groups in total. The summed E-state index contributed by atoms with van der Waals surface area (Å²) in [6.45, 7) is 2.15. The van der Waals surface area contributed by atoms with Gasteiger partial charge in [0, 0.05) is 31.1 Å². The predicted octanol–water partition coefficient (Wildman–Crippen LogP) is 3.47. The summed E-state index contributed by atoms with van der Waals surface area (Å²) in [5.74, 6) is 0.974. The molecule has 4 heteroatoms. The Morgan fingerprint density at radius 3 is 2.62 bits per heavy atom. The largest absolute Gasteiger partial charge is 0.371 e. The molecule has 1 aliphatic heterocycles. The van der Waals surface area contributed by atoms with Crippen LogP contribution in [0.25, 0.3) is 0 Å². The van der Waals surface area contributed by atoms with Gasteiger partial charge in [0.15, 0.2) is 0 Å². The first kappa shape index (κ1) is 17.2. The van der Waals surface area contributed by atoms with Gasteiger partial charge in [-0.1, -0.05) is 36.4 Å². The smallest absolute Gasteiger partial charge is 0.225 e. The summed E-state index contributed by atoms with van der Waals surface area (Å²) in [6.07, 6.45) is 5.96. The molecule has 4 rings (SSSR count). The third kappa shape index (κ3) is 4.31. The first-order chi connectivity index (χ1) is 12.8. The lowest BCUT2D eigenvalue weighted by Crippen LogP contribution is -2.48. The number of piperidine rings is 1. The van der Waals surface area contributed by atoms with Crippen LogP contribution in [0, 0.1) is 11.8 Å². The van der Waals surface area contributed by atoms with Gasteiger partial charge in [-0.15, -0.1) is 0 Å². The Hall–Kier alpha value is -2.20. The van der Waals surface area contributed by atoms with Gasteiger partial charge >= 0.3 is 0 Å². The molecule has 2 aliphatic rings. The number of aromatic nitrogens is 1. The second-order valence-corrected chi connectivity index (χ2v) is 7.47. The van der Waals surface area contributed by atoms with Crippen molar-refractivity contribution in [2.45, 2.75) is 38.4 Å². The zero-order valence-corrected chi connectivity index (χ0v) is 15.1. The standard InChI is InChI=1S/C22H26N2O2/c25-22(18-9-10-18)24-13-11-21(26-16-20-8-4-5-12-23-20)19(15-24)14-17-6-2-1-3-7-17/h1-8,12,18-19,21H,9-11,13-16H2/t19-,21+/m1/s1. The van der Waals surface area contributed by atoms with E-state index in [1.165, 1.54) is 5.56 Å². The average molecular weight is 350 g/mol. The summed E-state index contributed by atoms with van der Waals surface area (Å²) < 4.78 is 6.26. The molecule has 0 radical (unpaired) electrons. The SMILES string of the molecule is O=C(C1CC1)N1CC[C@H](OCc2ccccn2)[C@H](Cc2ccccc2)C1. The molecule has 1 aromatic heterocycles. The molecule has 2 atom stereocenters. The molecule has 0 spiro atoms. The molecule has 26 heavy (non-hydrogen) atoms. The van der Waals surface area contributed by atoms with Crippen LogP contribution in [0.4, 0.5) is 0 Å². The fourth-order valence-electron chi connectivity index (χ4n) is 3.81. The molecule has 1 amide bonds. The number of ether oxygens (including phenoxy) is 1. The lowest BCUT2D eigenvalue weighted by atomic mass is 9.88. The molecule has 4 nitrogen and oxygen atoms in total. The van der Waals surface area contributed by atoms with Crippen LogP contribution in [-0.2, 0) is 22.6 Å². The topological polar surface area (TPSA) is 42.4 Å². The maximum absolute atomic E-state index is 12.5. The van der Waals surface area contributed by atoms with E-state index in [9.17, 15) is 4.79 Å².